The maximum Gasteiger partial charge on any atom is 0.255 e. The molecule has 0 saturated carbocycles. The van der Waals surface area contributed by atoms with Gasteiger partial charge < -0.3 is 10.2 Å². The van der Waals surface area contributed by atoms with Crippen LogP contribution in [0.25, 0.3) is 0 Å². The molecule has 1 heterocycles. The summed E-state index contributed by atoms with van der Waals surface area (Å²) in [5.74, 6) is -0.804. The van der Waals surface area contributed by atoms with Crippen molar-refractivity contribution in [1.82, 2.24) is 4.90 Å². The Morgan fingerprint density at radius 2 is 1.86 bits per heavy atom. The molecular weight excluding hydrogens is 283 g/mol. The molecule has 2 amide bonds. The van der Waals surface area contributed by atoms with Crippen LogP contribution in [0, 0.1) is 5.82 Å². The van der Waals surface area contributed by atoms with Gasteiger partial charge >= 0.3 is 0 Å². The number of carbonyl (C=O) groups is 2. The predicted molar refractivity (Wildman–Crippen MR) is 80.8 cm³/mol. The van der Waals surface area contributed by atoms with Gasteiger partial charge in [-0.15, -0.1) is 0 Å². The summed E-state index contributed by atoms with van der Waals surface area (Å²) in [6, 6.07) is 12.3. The van der Waals surface area contributed by atoms with E-state index in [9.17, 15) is 14.0 Å². The SMILES string of the molecule is C[C@H](C(=O)Nc1ccc(F)cc1)N1Cc2ccccc2C1=O. The summed E-state index contributed by atoms with van der Waals surface area (Å²) in [6.45, 7) is 2.11. The van der Waals surface area contributed by atoms with E-state index in [-0.39, 0.29) is 17.6 Å². The van der Waals surface area contributed by atoms with Gasteiger partial charge in [-0.2, -0.15) is 0 Å². The lowest BCUT2D eigenvalue weighted by Crippen LogP contribution is -2.42. The molecule has 1 N–H and O–H groups in total. The Morgan fingerprint density at radius 3 is 2.55 bits per heavy atom. The van der Waals surface area contributed by atoms with Gasteiger partial charge in [0, 0.05) is 17.8 Å². The Balaban J connectivity index is 1.72. The number of fused-ring (bicyclic) bond motifs is 1. The maximum atomic E-state index is 12.9. The summed E-state index contributed by atoms with van der Waals surface area (Å²) in [5.41, 5.74) is 2.07. The molecule has 0 unspecified atom stereocenters. The van der Waals surface area contributed by atoms with Crippen molar-refractivity contribution in [2.75, 3.05) is 5.32 Å². The Morgan fingerprint density at radius 1 is 1.18 bits per heavy atom. The molecule has 112 valence electrons. The normalized spacial score (nSPS) is 14.6. The number of benzene rings is 2. The number of nitrogens with one attached hydrogen (secondary N) is 1. The van der Waals surface area contributed by atoms with Crippen LogP contribution in [0.3, 0.4) is 0 Å². The molecule has 0 spiro atoms. The summed E-state index contributed by atoms with van der Waals surface area (Å²) in [7, 11) is 0. The van der Waals surface area contributed by atoms with Crippen molar-refractivity contribution in [2.45, 2.75) is 19.5 Å². The summed E-state index contributed by atoms with van der Waals surface area (Å²) in [6.07, 6.45) is 0. The van der Waals surface area contributed by atoms with Gasteiger partial charge in [0.15, 0.2) is 0 Å². The lowest BCUT2D eigenvalue weighted by Gasteiger charge is -2.23. The van der Waals surface area contributed by atoms with Crippen LogP contribution in [0.1, 0.15) is 22.8 Å². The molecular formula is C17H15FN2O2. The van der Waals surface area contributed by atoms with Crippen LogP contribution in [0.15, 0.2) is 48.5 Å². The Hall–Kier alpha value is -2.69. The minimum absolute atomic E-state index is 0.141. The van der Waals surface area contributed by atoms with E-state index in [2.05, 4.69) is 5.32 Å². The van der Waals surface area contributed by atoms with Crippen LogP contribution in [-0.4, -0.2) is 22.8 Å². The molecule has 0 saturated heterocycles. The van der Waals surface area contributed by atoms with Crippen molar-refractivity contribution in [2.24, 2.45) is 0 Å². The van der Waals surface area contributed by atoms with Crippen molar-refractivity contribution in [3.63, 3.8) is 0 Å². The average molecular weight is 298 g/mol. The number of hydrogen-bond donors (Lipinski definition) is 1. The minimum atomic E-state index is -0.607. The quantitative estimate of drug-likeness (QED) is 0.947. The summed E-state index contributed by atoms with van der Waals surface area (Å²) >= 11 is 0. The third-order valence-electron chi connectivity index (χ3n) is 3.81. The van der Waals surface area contributed by atoms with Crippen LogP contribution in [-0.2, 0) is 11.3 Å². The van der Waals surface area contributed by atoms with Crippen LogP contribution in [0.2, 0.25) is 0 Å². The molecule has 1 aliphatic rings. The van der Waals surface area contributed by atoms with E-state index in [1.54, 1.807) is 13.0 Å². The Bertz CT molecular complexity index is 728. The second kappa shape index (κ2) is 5.60. The van der Waals surface area contributed by atoms with E-state index < -0.39 is 6.04 Å². The van der Waals surface area contributed by atoms with Crippen molar-refractivity contribution in [1.29, 1.82) is 0 Å². The molecule has 4 nitrogen and oxygen atoms in total. The van der Waals surface area contributed by atoms with E-state index in [1.807, 2.05) is 18.2 Å². The van der Waals surface area contributed by atoms with E-state index in [0.717, 1.165) is 5.56 Å². The highest BCUT2D eigenvalue weighted by atomic mass is 19.1. The summed E-state index contributed by atoms with van der Waals surface area (Å²) in [4.78, 5) is 26.1. The van der Waals surface area contributed by atoms with Gasteiger partial charge in [-0.05, 0) is 42.8 Å². The van der Waals surface area contributed by atoms with Crippen molar-refractivity contribution >= 4 is 17.5 Å². The van der Waals surface area contributed by atoms with Crippen LogP contribution in [0.5, 0.6) is 0 Å². The first-order valence-corrected chi connectivity index (χ1v) is 7.01. The molecule has 0 aliphatic carbocycles. The van der Waals surface area contributed by atoms with Gasteiger partial charge in [0.2, 0.25) is 5.91 Å². The lowest BCUT2D eigenvalue weighted by atomic mass is 10.1. The number of carbonyl (C=O) groups excluding carboxylic acids is 2. The van der Waals surface area contributed by atoms with Gasteiger partial charge in [-0.1, -0.05) is 18.2 Å². The molecule has 2 aromatic carbocycles. The lowest BCUT2D eigenvalue weighted by molar-refractivity contribution is -0.120. The average Bonchev–Trinajstić information content (AvgIpc) is 2.86. The monoisotopic (exact) mass is 298 g/mol. The fourth-order valence-electron chi connectivity index (χ4n) is 2.51. The van der Waals surface area contributed by atoms with Gasteiger partial charge in [0.25, 0.3) is 5.91 Å². The standard InChI is InChI=1S/C17H15FN2O2/c1-11(16(21)19-14-8-6-13(18)7-9-14)20-10-12-4-2-3-5-15(12)17(20)22/h2-9,11H,10H2,1H3,(H,19,21)/t11-/m1/s1. The molecule has 1 aliphatic heterocycles. The number of hydrogen-bond acceptors (Lipinski definition) is 2. The highest BCUT2D eigenvalue weighted by Gasteiger charge is 2.33. The third-order valence-corrected chi connectivity index (χ3v) is 3.81. The third kappa shape index (κ3) is 2.57. The highest BCUT2D eigenvalue weighted by molar-refractivity contribution is 6.03. The minimum Gasteiger partial charge on any atom is -0.324 e. The molecule has 22 heavy (non-hydrogen) atoms. The van der Waals surface area contributed by atoms with E-state index in [0.29, 0.717) is 17.8 Å². The first kappa shape index (κ1) is 14.3. The van der Waals surface area contributed by atoms with Crippen LogP contribution < -0.4 is 5.32 Å². The van der Waals surface area contributed by atoms with E-state index in [4.69, 9.17) is 0 Å². The first-order chi connectivity index (χ1) is 10.6. The second-order valence-electron chi connectivity index (χ2n) is 5.26. The van der Waals surface area contributed by atoms with Crippen molar-refractivity contribution in [3.05, 3.63) is 65.5 Å². The van der Waals surface area contributed by atoms with Gasteiger partial charge in [0.05, 0.1) is 0 Å². The summed E-state index contributed by atoms with van der Waals surface area (Å²) in [5, 5.41) is 2.69. The molecule has 0 fully saturated rings. The topological polar surface area (TPSA) is 49.4 Å². The predicted octanol–water partition coefficient (Wildman–Crippen LogP) is 2.81. The smallest absolute Gasteiger partial charge is 0.255 e. The molecule has 0 aromatic heterocycles. The number of halogens is 1. The summed E-state index contributed by atoms with van der Waals surface area (Å²) < 4.78 is 12.9. The zero-order valence-corrected chi connectivity index (χ0v) is 12.0. The second-order valence-corrected chi connectivity index (χ2v) is 5.26. The Labute approximate surface area is 127 Å². The molecule has 0 bridgehead atoms. The fraction of sp³-hybridized carbons (Fsp3) is 0.176. The molecule has 0 radical (unpaired) electrons. The number of nitrogens with zero attached hydrogens (tertiary/aromatic N) is 1. The van der Waals surface area contributed by atoms with Gasteiger partial charge in [0.1, 0.15) is 11.9 Å². The van der Waals surface area contributed by atoms with Crippen molar-refractivity contribution in [3.8, 4) is 0 Å². The van der Waals surface area contributed by atoms with Crippen molar-refractivity contribution < 1.29 is 14.0 Å². The molecule has 1 atom stereocenters. The first-order valence-electron chi connectivity index (χ1n) is 7.01. The highest BCUT2D eigenvalue weighted by Crippen LogP contribution is 2.24. The van der Waals surface area contributed by atoms with Crippen LogP contribution >= 0.6 is 0 Å². The van der Waals surface area contributed by atoms with Gasteiger partial charge in [-0.3, -0.25) is 9.59 Å². The zero-order chi connectivity index (χ0) is 15.7. The largest absolute Gasteiger partial charge is 0.324 e. The maximum absolute atomic E-state index is 12.9. The van der Waals surface area contributed by atoms with E-state index >= 15 is 0 Å². The fourth-order valence-corrected chi connectivity index (χ4v) is 2.51. The Kier molecular flexibility index (Phi) is 3.63. The molecule has 2 aromatic rings. The van der Waals surface area contributed by atoms with Gasteiger partial charge in [-0.25, -0.2) is 4.39 Å². The number of amides is 2. The molecule has 3 rings (SSSR count). The van der Waals surface area contributed by atoms with E-state index in [1.165, 1.54) is 29.2 Å². The van der Waals surface area contributed by atoms with Crippen LogP contribution in [0.4, 0.5) is 10.1 Å². The zero-order valence-electron chi connectivity index (χ0n) is 12.0. The number of rotatable bonds is 3. The number of anilines is 1. The molecule has 5 heteroatoms.